The second-order valence-corrected chi connectivity index (χ2v) is 18.1. The maximum absolute atomic E-state index is 14.6. The van der Waals surface area contributed by atoms with Crippen LogP contribution in [0.2, 0.25) is 0 Å². The van der Waals surface area contributed by atoms with Gasteiger partial charge in [0.25, 0.3) is 0 Å². The van der Waals surface area contributed by atoms with E-state index in [1.807, 2.05) is 51.1 Å². The molecule has 4 aliphatic heterocycles. The van der Waals surface area contributed by atoms with Gasteiger partial charge in [-0.05, 0) is 60.7 Å². The molecule has 4 aliphatic rings. The molecule has 5 aromatic heterocycles. The molecule has 0 radical (unpaired) electrons. The van der Waals surface area contributed by atoms with Crippen molar-refractivity contribution in [2.24, 2.45) is 0 Å². The molecule has 2 atom stereocenters. The van der Waals surface area contributed by atoms with E-state index in [0.717, 1.165) is 64.1 Å². The van der Waals surface area contributed by atoms with Gasteiger partial charge in [0.05, 0.1) is 45.4 Å². The van der Waals surface area contributed by atoms with Crippen LogP contribution in [0, 0.1) is 41.2 Å². The third kappa shape index (κ3) is 11.5. The Kier molecular flexibility index (Phi) is 16.5. The summed E-state index contributed by atoms with van der Waals surface area (Å²) in [5.41, 5.74) is 9.78. The van der Waals surface area contributed by atoms with Crippen LogP contribution in [0.4, 0.5) is 25.1 Å². The Morgan fingerprint density at radius 1 is 0.750 bits per heavy atom. The third-order valence-electron chi connectivity index (χ3n) is 13.3. The van der Waals surface area contributed by atoms with Crippen molar-refractivity contribution in [3.63, 3.8) is 0 Å². The molecular weight excluding hydrogens is 978 g/mol. The number of methoxy groups -OCH3 is 1. The molecule has 2 unspecified atom stereocenters. The zero-order valence-electron chi connectivity index (χ0n) is 42.6. The lowest BCUT2D eigenvalue weighted by atomic mass is 10.0. The number of anilines is 2. The van der Waals surface area contributed by atoms with Crippen molar-refractivity contribution in [3.8, 4) is 51.8 Å². The van der Waals surface area contributed by atoms with E-state index in [0.29, 0.717) is 104 Å². The van der Waals surface area contributed by atoms with E-state index in [-0.39, 0.29) is 42.2 Å². The van der Waals surface area contributed by atoms with Crippen molar-refractivity contribution in [1.82, 2.24) is 38.6 Å². The van der Waals surface area contributed by atoms with Crippen LogP contribution in [0.5, 0.6) is 17.4 Å². The van der Waals surface area contributed by atoms with E-state index >= 15 is 0 Å². The maximum Gasteiger partial charge on any atom is 0.213 e. The highest BCUT2D eigenvalue weighted by Gasteiger charge is 2.24. The number of nitriles is 2. The molecule has 8 aromatic rings. The summed E-state index contributed by atoms with van der Waals surface area (Å²) < 4.78 is 67.1. The number of aliphatic hydroxyl groups excluding tert-OH is 1. The lowest BCUT2D eigenvalue weighted by Crippen LogP contribution is -2.20. The first-order valence-corrected chi connectivity index (χ1v) is 25.2. The highest BCUT2D eigenvalue weighted by atomic mass is 19.1. The van der Waals surface area contributed by atoms with Crippen LogP contribution in [-0.2, 0) is 37.2 Å². The molecular formula is C56H57F3N12O5. The molecule has 392 valence electrons. The van der Waals surface area contributed by atoms with E-state index in [1.165, 1.54) is 12.1 Å². The van der Waals surface area contributed by atoms with Crippen molar-refractivity contribution in [2.75, 3.05) is 57.3 Å². The molecule has 0 saturated carbocycles. The second-order valence-electron chi connectivity index (χ2n) is 18.1. The van der Waals surface area contributed by atoms with E-state index in [4.69, 9.17) is 24.1 Å². The van der Waals surface area contributed by atoms with Gasteiger partial charge in [-0.2, -0.15) is 10.5 Å². The number of pyridine rings is 1. The molecule has 9 heterocycles. The SMILES string of the molecule is CC.COc1cc(C)c(-c2cnc(NCc3c(F)ccc4c3CCO4)n3cc(C#N)nc23)cn1.N#Cc1cn2c(NCc3c(F)ccc4c3CCO4)ncc(-c3ccc(CN4CCC(F)C4)cc3)c2n1.OC1CCOC1. The van der Waals surface area contributed by atoms with Crippen LogP contribution in [0.3, 0.4) is 0 Å². The number of hydrogen-bond donors (Lipinski definition) is 3. The van der Waals surface area contributed by atoms with Gasteiger partial charge in [-0.25, -0.2) is 38.1 Å². The molecule has 0 aliphatic carbocycles. The number of rotatable bonds is 11. The fourth-order valence-corrected chi connectivity index (χ4v) is 9.49. The van der Waals surface area contributed by atoms with Crippen LogP contribution < -0.4 is 24.8 Å². The van der Waals surface area contributed by atoms with Gasteiger partial charge in [0, 0.05) is 116 Å². The number of nitrogens with zero attached hydrogens (tertiary/aromatic N) is 10. The number of halogens is 3. The summed E-state index contributed by atoms with van der Waals surface area (Å²) in [6, 6.07) is 20.2. The predicted molar refractivity (Wildman–Crippen MR) is 279 cm³/mol. The summed E-state index contributed by atoms with van der Waals surface area (Å²) in [7, 11) is 1.56. The van der Waals surface area contributed by atoms with Gasteiger partial charge in [0.2, 0.25) is 17.8 Å². The Labute approximate surface area is 437 Å². The second kappa shape index (κ2) is 23.9. The normalized spacial score (nSPS) is 16.1. The van der Waals surface area contributed by atoms with Crippen molar-refractivity contribution < 1.29 is 37.2 Å². The zero-order chi connectivity index (χ0) is 53.3. The predicted octanol–water partition coefficient (Wildman–Crippen LogP) is 8.96. The summed E-state index contributed by atoms with van der Waals surface area (Å²) in [6.07, 6.45) is 10.1. The number of ether oxygens (including phenoxy) is 4. The van der Waals surface area contributed by atoms with Crippen molar-refractivity contribution >= 4 is 23.2 Å². The fourth-order valence-electron chi connectivity index (χ4n) is 9.49. The summed E-state index contributed by atoms with van der Waals surface area (Å²) >= 11 is 0. The molecule has 0 bridgehead atoms. The first kappa shape index (κ1) is 52.6. The topological polar surface area (TPSA) is 205 Å². The molecule has 0 amide bonds. The van der Waals surface area contributed by atoms with Crippen molar-refractivity contribution in [1.29, 1.82) is 10.5 Å². The van der Waals surface area contributed by atoms with Crippen LogP contribution in [0.15, 0.2) is 85.6 Å². The molecule has 12 rings (SSSR count). The van der Waals surface area contributed by atoms with Gasteiger partial charge in [0.1, 0.15) is 41.4 Å². The standard InChI is InChI=1S/C27H24F2N6O.C23H19FN6O2.C4H8O2.C2H6/c28-19-7-9-34(15-19)14-17-1-3-18(4-2-17)22-12-31-27(35-16-20(11-30)33-26(22)35)32-13-23-21-8-10-36-25(21)6-5-24(23)29;1-13-7-21(31-2)26-9-16(13)18-11-28-23(30-12-14(8-25)29-22(18)30)27-10-17-15-5-6-32-20(15)4-3-19(17)24;5-4-1-2-6-3-4;1-2/h1-6,12,16,19H,7-10,13-15H2,(H,31,32);3-4,7,9,11-12H,5-6,10H2,1-2H3,(H,27,28);4-5H,1-3H2;1-2H3. The van der Waals surface area contributed by atoms with E-state index in [2.05, 4.69) is 52.6 Å². The first-order valence-electron chi connectivity index (χ1n) is 25.2. The number of benzene rings is 3. The van der Waals surface area contributed by atoms with E-state index in [9.17, 15) is 23.7 Å². The average molecular weight is 1040 g/mol. The van der Waals surface area contributed by atoms with Gasteiger partial charge in [-0.3, -0.25) is 13.7 Å². The summed E-state index contributed by atoms with van der Waals surface area (Å²) in [6.45, 7) is 10.7. The van der Waals surface area contributed by atoms with Crippen molar-refractivity contribution in [3.05, 3.63) is 142 Å². The highest BCUT2D eigenvalue weighted by Crippen LogP contribution is 2.34. The number of hydrogen-bond acceptors (Lipinski definition) is 15. The van der Waals surface area contributed by atoms with Gasteiger partial charge >= 0.3 is 0 Å². The van der Waals surface area contributed by atoms with Gasteiger partial charge in [-0.15, -0.1) is 0 Å². The molecule has 3 aromatic carbocycles. The van der Waals surface area contributed by atoms with Gasteiger partial charge in [-0.1, -0.05) is 38.1 Å². The Balaban J connectivity index is 0.000000163. The Hall–Kier alpha value is -8.30. The summed E-state index contributed by atoms with van der Waals surface area (Å²) in [4.78, 5) is 24.5. The fraction of sp³-hybridized carbons (Fsp3) is 0.339. The summed E-state index contributed by atoms with van der Waals surface area (Å²) in [5.74, 6) is 2.27. The third-order valence-corrected chi connectivity index (χ3v) is 13.3. The Bertz CT molecular complexity index is 3440. The minimum Gasteiger partial charge on any atom is -0.493 e. The van der Waals surface area contributed by atoms with Crippen molar-refractivity contribution in [2.45, 2.75) is 78.4 Å². The highest BCUT2D eigenvalue weighted by molar-refractivity contribution is 5.81. The molecule has 3 N–H and O–H groups in total. The molecule has 20 heteroatoms. The smallest absolute Gasteiger partial charge is 0.213 e. The van der Waals surface area contributed by atoms with E-state index in [1.54, 1.807) is 59.0 Å². The first-order chi connectivity index (χ1) is 37.1. The number of alkyl halides is 1. The Morgan fingerprint density at radius 3 is 1.80 bits per heavy atom. The number of aliphatic hydroxyl groups is 1. The van der Waals surface area contributed by atoms with Crippen LogP contribution >= 0.6 is 0 Å². The number of aromatic nitrogens is 7. The van der Waals surface area contributed by atoms with Gasteiger partial charge < -0.3 is 34.7 Å². The molecule has 0 spiro atoms. The van der Waals surface area contributed by atoms with Crippen LogP contribution in [0.1, 0.15) is 71.5 Å². The number of nitrogens with one attached hydrogen (secondary N) is 2. The number of likely N-dealkylation sites (tertiary alicyclic amines) is 1. The lowest BCUT2D eigenvalue weighted by Gasteiger charge is -2.15. The molecule has 76 heavy (non-hydrogen) atoms. The largest absolute Gasteiger partial charge is 0.493 e. The zero-order valence-corrected chi connectivity index (χ0v) is 42.6. The lowest BCUT2D eigenvalue weighted by molar-refractivity contribution is 0.127. The number of aryl methyl sites for hydroxylation is 1. The van der Waals surface area contributed by atoms with Crippen LogP contribution in [0.25, 0.3) is 33.5 Å². The van der Waals surface area contributed by atoms with Gasteiger partial charge in [0.15, 0.2) is 22.7 Å². The summed E-state index contributed by atoms with van der Waals surface area (Å²) in [5, 5.41) is 33.9. The minimum atomic E-state index is -0.738. The molecule has 2 saturated heterocycles. The number of imidazole rings is 2. The molecule has 17 nitrogen and oxygen atoms in total. The monoisotopic (exact) mass is 1030 g/mol. The quantitative estimate of drug-likeness (QED) is 0.111. The molecule has 2 fully saturated rings. The van der Waals surface area contributed by atoms with E-state index < -0.39 is 6.17 Å². The van der Waals surface area contributed by atoms with Crippen LogP contribution in [-0.4, -0.2) is 103 Å². The number of fused-ring (bicyclic) bond motifs is 4. The maximum atomic E-state index is 14.6. The minimum absolute atomic E-state index is 0.176. The average Bonchev–Trinajstić information content (AvgIpc) is 4.35. The Morgan fingerprint density at radius 2 is 1.32 bits per heavy atom.